The summed E-state index contributed by atoms with van der Waals surface area (Å²) < 4.78 is 36.8. The van der Waals surface area contributed by atoms with Crippen molar-refractivity contribution in [1.29, 1.82) is 0 Å². The van der Waals surface area contributed by atoms with Crippen molar-refractivity contribution < 1.29 is 33.0 Å². The molecular formula is C14H16F3NO4. The lowest BCUT2D eigenvalue weighted by Crippen LogP contribution is -2.46. The first-order valence-corrected chi connectivity index (χ1v) is 6.41. The van der Waals surface area contributed by atoms with E-state index >= 15 is 0 Å². The van der Waals surface area contributed by atoms with E-state index in [4.69, 9.17) is 5.11 Å². The number of carboxylic acid groups (broad SMARTS) is 1. The number of aliphatic hydroxyl groups is 1. The van der Waals surface area contributed by atoms with Crippen molar-refractivity contribution in [1.82, 2.24) is 5.32 Å². The second kappa shape index (κ2) is 6.78. The highest BCUT2D eigenvalue weighted by Gasteiger charge is 2.31. The SMILES string of the molecule is CC(O)(CNC(=O)c1ccccc1CCC(F)(F)F)C(=O)O. The number of aryl methyl sites for hydroxylation is 1. The molecule has 5 nitrogen and oxygen atoms in total. The maximum absolute atomic E-state index is 12.3. The normalized spacial score (nSPS) is 14.2. The number of carbonyl (C=O) groups excluding carboxylic acids is 1. The summed E-state index contributed by atoms with van der Waals surface area (Å²) in [6.45, 7) is 0.444. The van der Waals surface area contributed by atoms with Gasteiger partial charge in [-0.05, 0) is 25.0 Å². The van der Waals surface area contributed by atoms with Gasteiger partial charge in [-0.2, -0.15) is 13.2 Å². The molecule has 122 valence electrons. The summed E-state index contributed by atoms with van der Waals surface area (Å²) in [5.74, 6) is -2.25. The number of benzene rings is 1. The fraction of sp³-hybridized carbons (Fsp3) is 0.429. The Kier molecular flexibility index (Phi) is 5.54. The minimum atomic E-state index is -4.34. The number of hydrogen-bond acceptors (Lipinski definition) is 3. The largest absolute Gasteiger partial charge is 0.479 e. The van der Waals surface area contributed by atoms with Crippen LogP contribution in [-0.2, 0) is 11.2 Å². The predicted octanol–water partition coefficient (Wildman–Crippen LogP) is 1.75. The van der Waals surface area contributed by atoms with E-state index in [9.17, 15) is 27.9 Å². The zero-order chi connectivity index (χ0) is 17.0. The van der Waals surface area contributed by atoms with Crippen LogP contribution < -0.4 is 5.32 Å². The molecule has 22 heavy (non-hydrogen) atoms. The molecule has 1 rings (SSSR count). The highest BCUT2D eigenvalue weighted by atomic mass is 19.4. The molecule has 0 spiro atoms. The molecule has 0 aliphatic heterocycles. The number of carbonyl (C=O) groups is 2. The van der Waals surface area contributed by atoms with E-state index in [1.54, 1.807) is 0 Å². The maximum Gasteiger partial charge on any atom is 0.389 e. The average Bonchev–Trinajstić information content (AvgIpc) is 2.42. The molecule has 1 atom stereocenters. The third-order valence-electron chi connectivity index (χ3n) is 2.99. The Labute approximate surface area is 124 Å². The van der Waals surface area contributed by atoms with Gasteiger partial charge >= 0.3 is 12.1 Å². The van der Waals surface area contributed by atoms with E-state index in [0.717, 1.165) is 6.92 Å². The van der Waals surface area contributed by atoms with E-state index in [1.807, 2.05) is 0 Å². The highest BCUT2D eigenvalue weighted by molar-refractivity contribution is 5.96. The molecule has 0 radical (unpaired) electrons. The van der Waals surface area contributed by atoms with Crippen LogP contribution in [-0.4, -0.2) is 40.4 Å². The van der Waals surface area contributed by atoms with Gasteiger partial charge in [-0.3, -0.25) is 4.79 Å². The fourth-order valence-electron chi connectivity index (χ4n) is 1.66. The maximum atomic E-state index is 12.3. The quantitative estimate of drug-likeness (QED) is 0.745. The summed E-state index contributed by atoms with van der Waals surface area (Å²) in [6, 6.07) is 5.74. The molecule has 3 N–H and O–H groups in total. The Bertz CT molecular complexity index is 555. The van der Waals surface area contributed by atoms with E-state index < -0.39 is 36.6 Å². The number of alkyl halides is 3. The van der Waals surface area contributed by atoms with Gasteiger partial charge in [-0.25, -0.2) is 4.79 Å². The minimum absolute atomic E-state index is 0.0212. The lowest BCUT2D eigenvalue weighted by Gasteiger charge is -2.19. The smallest absolute Gasteiger partial charge is 0.389 e. The Morgan fingerprint density at radius 1 is 1.23 bits per heavy atom. The van der Waals surface area contributed by atoms with Gasteiger partial charge in [-0.15, -0.1) is 0 Å². The summed E-state index contributed by atoms with van der Waals surface area (Å²) in [5, 5.41) is 20.4. The first kappa shape index (κ1) is 18.0. The molecule has 0 saturated carbocycles. The van der Waals surface area contributed by atoms with Crippen LogP contribution in [0, 0.1) is 0 Å². The van der Waals surface area contributed by atoms with Crippen molar-refractivity contribution in [3.05, 3.63) is 35.4 Å². The molecule has 0 bridgehead atoms. The van der Waals surface area contributed by atoms with Crippen molar-refractivity contribution >= 4 is 11.9 Å². The Morgan fingerprint density at radius 3 is 2.36 bits per heavy atom. The van der Waals surface area contributed by atoms with Gasteiger partial charge in [-0.1, -0.05) is 18.2 Å². The number of aliphatic carboxylic acids is 1. The molecule has 0 heterocycles. The Morgan fingerprint density at radius 2 is 1.82 bits per heavy atom. The molecule has 1 unspecified atom stereocenters. The topological polar surface area (TPSA) is 86.6 Å². The van der Waals surface area contributed by atoms with Crippen LogP contribution in [0.15, 0.2) is 24.3 Å². The van der Waals surface area contributed by atoms with E-state index in [2.05, 4.69) is 5.32 Å². The van der Waals surface area contributed by atoms with Crippen molar-refractivity contribution in [3.63, 3.8) is 0 Å². The van der Waals surface area contributed by atoms with Gasteiger partial charge in [0.2, 0.25) is 0 Å². The fourth-order valence-corrected chi connectivity index (χ4v) is 1.66. The summed E-state index contributed by atoms with van der Waals surface area (Å²) in [4.78, 5) is 22.7. The van der Waals surface area contributed by atoms with E-state index in [-0.39, 0.29) is 17.5 Å². The third kappa shape index (κ3) is 5.36. The highest BCUT2D eigenvalue weighted by Crippen LogP contribution is 2.23. The van der Waals surface area contributed by atoms with Gasteiger partial charge in [0.15, 0.2) is 5.60 Å². The zero-order valence-corrected chi connectivity index (χ0v) is 11.8. The van der Waals surface area contributed by atoms with Crippen LogP contribution in [0.5, 0.6) is 0 Å². The molecule has 1 amide bonds. The van der Waals surface area contributed by atoms with Gasteiger partial charge in [0.1, 0.15) is 0 Å². The molecule has 1 aromatic carbocycles. The second-order valence-electron chi connectivity index (χ2n) is 5.03. The molecule has 0 saturated heterocycles. The van der Waals surface area contributed by atoms with Crippen molar-refractivity contribution in [2.24, 2.45) is 0 Å². The number of nitrogens with one attached hydrogen (secondary N) is 1. The predicted molar refractivity (Wildman–Crippen MR) is 71.4 cm³/mol. The lowest BCUT2D eigenvalue weighted by molar-refractivity contribution is -0.155. The van der Waals surface area contributed by atoms with E-state index in [1.165, 1.54) is 24.3 Å². The van der Waals surface area contributed by atoms with Gasteiger partial charge in [0.25, 0.3) is 5.91 Å². The molecule has 0 fully saturated rings. The average molecular weight is 319 g/mol. The standard InChI is InChI=1S/C14H16F3NO4/c1-13(22,12(20)21)8-18-11(19)10-5-3-2-4-9(10)6-7-14(15,16)17/h2-5,22H,6-8H2,1H3,(H,18,19)(H,20,21). The van der Waals surface area contributed by atoms with Crippen LogP contribution in [0.25, 0.3) is 0 Å². The minimum Gasteiger partial charge on any atom is -0.479 e. The van der Waals surface area contributed by atoms with Crippen LogP contribution in [0.4, 0.5) is 13.2 Å². The summed E-state index contributed by atoms with van der Waals surface area (Å²) >= 11 is 0. The van der Waals surface area contributed by atoms with Gasteiger partial charge in [0, 0.05) is 12.0 Å². The van der Waals surface area contributed by atoms with Crippen LogP contribution in [0.2, 0.25) is 0 Å². The number of rotatable bonds is 6. The number of hydrogen-bond donors (Lipinski definition) is 3. The lowest BCUT2D eigenvalue weighted by atomic mass is 10.0. The number of halogens is 3. The molecule has 0 aliphatic rings. The Hall–Kier alpha value is -2.09. The van der Waals surface area contributed by atoms with Crippen molar-refractivity contribution in [3.8, 4) is 0 Å². The van der Waals surface area contributed by atoms with Gasteiger partial charge < -0.3 is 15.5 Å². The zero-order valence-electron chi connectivity index (χ0n) is 11.8. The van der Waals surface area contributed by atoms with Crippen LogP contribution in [0.3, 0.4) is 0 Å². The molecule has 0 aromatic heterocycles. The molecular weight excluding hydrogens is 303 g/mol. The molecule has 8 heteroatoms. The summed E-state index contributed by atoms with van der Waals surface area (Å²) in [7, 11) is 0. The van der Waals surface area contributed by atoms with Crippen molar-refractivity contribution in [2.75, 3.05) is 6.54 Å². The third-order valence-corrected chi connectivity index (χ3v) is 2.99. The number of carboxylic acids is 1. The van der Waals surface area contributed by atoms with Crippen LogP contribution >= 0.6 is 0 Å². The van der Waals surface area contributed by atoms with E-state index in [0.29, 0.717) is 0 Å². The van der Waals surface area contributed by atoms with Gasteiger partial charge in [0.05, 0.1) is 6.54 Å². The molecule has 0 aliphatic carbocycles. The van der Waals surface area contributed by atoms with Crippen molar-refractivity contribution in [2.45, 2.75) is 31.5 Å². The van der Waals surface area contributed by atoms with Crippen LogP contribution in [0.1, 0.15) is 29.3 Å². The molecule has 1 aromatic rings. The second-order valence-corrected chi connectivity index (χ2v) is 5.03. The monoisotopic (exact) mass is 319 g/mol. The first-order chi connectivity index (χ1) is 10.0. The summed E-state index contributed by atoms with van der Waals surface area (Å²) in [5.41, 5.74) is -1.93. The number of amides is 1. The first-order valence-electron chi connectivity index (χ1n) is 6.41. The summed E-state index contributed by atoms with van der Waals surface area (Å²) in [6.07, 6.45) is -5.76. The Balaban J connectivity index is 2.79.